The second kappa shape index (κ2) is 5.03. The molecule has 2 fully saturated rings. The summed E-state index contributed by atoms with van der Waals surface area (Å²) in [5.41, 5.74) is 1.30. The van der Waals surface area contributed by atoms with Crippen LogP contribution < -0.4 is 5.32 Å². The summed E-state index contributed by atoms with van der Waals surface area (Å²) < 4.78 is 0. The smallest absolute Gasteiger partial charge is 0.228 e. The van der Waals surface area contributed by atoms with Crippen molar-refractivity contribution in [2.45, 2.75) is 18.8 Å². The van der Waals surface area contributed by atoms with Gasteiger partial charge in [-0.3, -0.25) is 9.59 Å². The maximum absolute atomic E-state index is 12.3. The van der Waals surface area contributed by atoms with Crippen molar-refractivity contribution in [3.8, 4) is 0 Å². The Bertz CT molecular complexity index is 486. The number of nitrogens with zero attached hydrogens (tertiary/aromatic N) is 1. The molecule has 4 heteroatoms. The van der Waals surface area contributed by atoms with Crippen molar-refractivity contribution >= 4 is 11.8 Å². The van der Waals surface area contributed by atoms with E-state index >= 15 is 0 Å². The average Bonchev–Trinajstić information content (AvgIpc) is 3.08. The van der Waals surface area contributed by atoms with Crippen LogP contribution in [0, 0.1) is 5.92 Å². The summed E-state index contributed by atoms with van der Waals surface area (Å²) in [5.74, 6) is 0.422. The van der Waals surface area contributed by atoms with E-state index in [4.69, 9.17) is 0 Å². The molecular formula is C15H18N2O2. The third-order valence-electron chi connectivity index (χ3n) is 4.10. The Morgan fingerprint density at radius 2 is 2.05 bits per heavy atom. The lowest BCUT2D eigenvalue weighted by Gasteiger charge is -2.19. The molecule has 0 aromatic heterocycles. The summed E-state index contributed by atoms with van der Waals surface area (Å²) in [6.07, 6.45) is 1.37. The van der Waals surface area contributed by atoms with Crippen molar-refractivity contribution in [2.75, 3.05) is 19.6 Å². The number of carbonyl (C=O) groups excluding carboxylic acids is 2. The van der Waals surface area contributed by atoms with Crippen LogP contribution in [0.2, 0.25) is 0 Å². The summed E-state index contributed by atoms with van der Waals surface area (Å²) in [7, 11) is 0. The highest BCUT2D eigenvalue weighted by Gasteiger charge is 2.35. The van der Waals surface area contributed by atoms with Gasteiger partial charge >= 0.3 is 0 Å². The van der Waals surface area contributed by atoms with Crippen molar-refractivity contribution in [2.24, 2.45) is 5.92 Å². The number of hydrogen-bond acceptors (Lipinski definition) is 2. The summed E-state index contributed by atoms with van der Waals surface area (Å²) in [6, 6.07) is 10.3. The van der Waals surface area contributed by atoms with Gasteiger partial charge in [0.1, 0.15) is 0 Å². The van der Waals surface area contributed by atoms with Crippen LogP contribution in [0.4, 0.5) is 0 Å². The fraction of sp³-hybridized carbons (Fsp3) is 0.467. The zero-order valence-electron chi connectivity index (χ0n) is 10.8. The Labute approximate surface area is 112 Å². The van der Waals surface area contributed by atoms with Gasteiger partial charge in [0.2, 0.25) is 11.8 Å². The standard InChI is InChI=1S/C15H18N2O2/c18-14-8-13(9-16-14)15(19)17-7-6-12(10-17)11-4-2-1-3-5-11/h1-5,12-13H,6-10H2,(H,16,18). The number of rotatable bonds is 2. The fourth-order valence-corrected chi connectivity index (χ4v) is 3.00. The summed E-state index contributed by atoms with van der Waals surface area (Å²) in [6.45, 7) is 2.10. The van der Waals surface area contributed by atoms with Crippen LogP contribution in [-0.4, -0.2) is 36.3 Å². The first-order valence-corrected chi connectivity index (χ1v) is 6.84. The largest absolute Gasteiger partial charge is 0.355 e. The Balaban J connectivity index is 1.63. The lowest BCUT2D eigenvalue weighted by atomic mass is 9.99. The Kier molecular flexibility index (Phi) is 3.23. The second-order valence-corrected chi connectivity index (χ2v) is 5.39. The van der Waals surface area contributed by atoms with Gasteiger partial charge in [-0.15, -0.1) is 0 Å². The maximum Gasteiger partial charge on any atom is 0.228 e. The molecule has 2 saturated heterocycles. The molecule has 1 aromatic rings. The van der Waals surface area contributed by atoms with E-state index in [0.29, 0.717) is 18.9 Å². The van der Waals surface area contributed by atoms with E-state index in [9.17, 15) is 9.59 Å². The Morgan fingerprint density at radius 1 is 1.26 bits per heavy atom. The van der Waals surface area contributed by atoms with Gasteiger partial charge in [0, 0.05) is 32.0 Å². The van der Waals surface area contributed by atoms with Gasteiger partial charge in [-0.05, 0) is 12.0 Å². The summed E-state index contributed by atoms with van der Waals surface area (Å²) >= 11 is 0. The molecule has 2 heterocycles. The quantitative estimate of drug-likeness (QED) is 0.864. The zero-order chi connectivity index (χ0) is 13.2. The molecule has 2 aliphatic heterocycles. The minimum absolute atomic E-state index is 0.00263. The van der Waals surface area contributed by atoms with Crippen LogP contribution in [0.25, 0.3) is 0 Å². The first kappa shape index (κ1) is 12.2. The molecule has 2 unspecified atom stereocenters. The van der Waals surface area contributed by atoms with Gasteiger partial charge in [-0.2, -0.15) is 0 Å². The molecule has 0 saturated carbocycles. The second-order valence-electron chi connectivity index (χ2n) is 5.39. The molecule has 2 aliphatic rings. The maximum atomic E-state index is 12.3. The van der Waals surface area contributed by atoms with Gasteiger partial charge in [-0.1, -0.05) is 30.3 Å². The topological polar surface area (TPSA) is 49.4 Å². The Morgan fingerprint density at radius 3 is 2.74 bits per heavy atom. The predicted molar refractivity (Wildman–Crippen MR) is 71.5 cm³/mol. The van der Waals surface area contributed by atoms with Gasteiger partial charge in [0.25, 0.3) is 0 Å². The first-order chi connectivity index (χ1) is 9.24. The van der Waals surface area contributed by atoms with Crippen LogP contribution in [0.1, 0.15) is 24.3 Å². The molecule has 0 aliphatic carbocycles. The molecule has 0 bridgehead atoms. The normalized spacial score (nSPS) is 26.5. The van der Waals surface area contributed by atoms with Crippen LogP contribution in [0.3, 0.4) is 0 Å². The lowest BCUT2D eigenvalue weighted by Crippen LogP contribution is -2.35. The first-order valence-electron chi connectivity index (χ1n) is 6.84. The third-order valence-corrected chi connectivity index (χ3v) is 4.10. The number of likely N-dealkylation sites (tertiary alicyclic amines) is 1. The lowest BCUT2D eigenvalue weighted by molar-refractivity contribution is -0.134. The van der Waals surface area contributed by atoms with E-state index in [2.05, 4.69) is 17.4 Å². The number of hydrogen-bond donors (Lipinski definition) is 1. The highest BCUT2D eigenvalue weighted by atomic mass is 16.2. The summed E-state index contributed by atoms with van der Waals surface area (Å²) in [5, 5.41) is 2.73. The minimum Gasteiger partial charge on any atom is -0.355 e. The van der Waals surface area contributed by atoms with Crippen LogP contribution in [-0.2, 0) is 9.59 Å². The van der Waals surface area contributed by atoms with Gasteiger partial charge < -0.3 is 10.2 Å². The molecule has 2 amide bonds. The van der Waals surface area contributed by atoms with Crippen molar-refractivity contribution in [3.63, 3.8) is 0 Å². The van der Waals surface area contributed by atoms with Gasteiger partial charge in [0.15, 0.2) is 0 Å². The average molecular weight is 258 g/mol. The third kappa shape index (κ3) is 2.48. The van der Waals surface area contributed by atoms with Crippen LogP contribution >= 0.6 is 0 Å². The molecule has 4 nitrogen and oxygen atoms in total. The highest BCUT2D eigenvalue weighted by molar-refractivity contribution is 5.89. The summed E-state index contributed by atoms with van der Waals surface area (Å²) in [4.78, 5) is 25.4. The molecule has 0 radical (unpaired) electrons. The molecule has 1 N–H and O–H groups in total. The van der Waals surface area contributed by atoms with Crippen molar-refractivity contribution < 1.29 is 9.59 Å². The van der Waals surface area contributed by atoms with E-state index < -0.39 is 0 Å². The predicted octanol–water partition coefficient (Wildman–Crippen LogP) is 1.14. The molecule has 2 atom stereocenters. The number of amides is 2. The van der Waals surface area contributed by atoms with E-state index in [0.717, 1.165) is 19.5 Å². The number of benzene rings is 1. The van der Waals surface area contributed by atoms with E-state index in [1.54, 1.807) is 0 Å². The molecule has 1 aromatic carbocycles. The molecular weight excluding hydrogens is 240 g/mol. The number of nitrogens with one attached hydrogen (secondary N) is 1. The highest BCUT2D eigenvalue weighted by Crippen LogP contribution is 2.28. The monoisotopic (exact) mass is 258 g/mol. The van der Waals surface area contributed by atoms with Crippen LogP contribution in [0.5, 0.6) is 0 Å². The van der Waals surface area contributed by atoms with Gasteiger partial charge in [-0.25, -0.2) is 0 Å². The van der Waals surface area contributed by atoms with Crippen molar-refractivity contribution in [1.82, 2.24) is 10.2 Å². The fourth-order valence-electron chi connectivity index (χ4n) is 3.00. The van der Waals surface area contributed by atoms with Crippen molar-refractivity contribution in [1.29, 1.82) is 0 Å². The van der Waals surface area contributed by atoms with E-state index in [-0.39, 0.29) is 17.7 Å². The molecule has 19 heavy (non-hydrogen) atoms. The SMILES string of the molecule is O=C1CC(C(=O)N2CCC(c3ccccc3)C2)CN1. The van der Waals surface area contributed by atoms with Crippen molar-refractivity contribution in [3.05, 3.63) is 35.9 Å². The van der Waals surface area contributed by atoms with Gasteiger partial charge in [0.05, 0.1) is 5.92 Å². The molecule has 3 rings (SSSR count). The number of carbonyl (C=O) groups is 2. The van der Waals surface area contributed by atoms with E-state index in [1.807, 2.05) is 23.1 Å². The molecule has 0 spiro atoms. The van der Waals surface area contributed by atoms with E-state index in [1.165, 1.54) is 5.56 Å². The minimum atomic E-state index is -0.151. The molecule has 100 valence electrons. The van der Waals surface area contributed by atoms with Crippen LogP contribution in [0.15, 0.2) is 30.3 Å². The Hall–Kier alpha value is -1.84. The zero-order valence-corrected chi connectivity index (χ0v) is 10.8.